The van der Waals surface area contributed by atoms with Crippen molar-refractivity contribution < 1.29 is 0 Å². The molecule has 0 aliphatic heterocycles. The Morgan fingerprint density at radius 3 is 2.94 bits per heavy atom. The molecule has 0 spiro atoms. The van der Waals surface area contributed by atoms with Crippen LogP contribution in [-0.4, -0.2) is 46.2 Å². The summed E-state index contributed by atoms with van der Waals surface area (Å²) in [6.45, 7) is 2.99. The van der Waals surface area contributed by atoms with Crippen molar-refractivity contribution in [1.82, 2.24) is 19.5 Å². The summed E-state index contributed by atoms with van der Waals surface area (Å²) < 4.78 is 1.77. The minimum atomic E-state index is 0.451. The van der Waals surface area contributed by atoms with Crippen molar-refractivity contribution in [2.75, 3.05) is 26.0 Å². The van der Waals surface area contributed by atoms with Gasteiger partial charge in [0.25, 0.3) is 0 Å². The summed E-state index contributed by atoms with van der Waals surface area (Å²) >= 11 is 0. The van der Waals surface area contributed by atoms with Crippen LogP contribution in [0.15, 0.2) is 24.4 Å². The van der Waals surface area contributed by atoms with Gasteiger partial charge in [-0.2, -0.15) is 4.98 Å². The topological polar surface area (TPSA) is 45.5 Å². The normalized spacial score (nSPS) is 13.2. The van der Waals surface area contributed by atoms with E-state index in [4.69, 9.17) is 0 Å². The average molecular weight is 219 g/mol. The highest BCUT2D eigenvalue weighted by Crippen LogP contribution is 2.04. The fraction of sp³-hybridized carbons (Fsp3) is 0.455. The Morgan fingerprint density at radius 2 is 2.25 bits per heavy atom. The Morgan fingerprint density at radius 1 is 1.44 bits per heavy atom. The summed E-state index contributed by atoms with van der Waals surface area (Å²) in [5, 5.41) is 7.55. The molecule has 5 heteroatoms. The van der Waals surface area contributed by atoms with Crippen molar-refractivity contribution >= 4 is 11.6 Å². The third-order valence-corrected chi connectivity index (χ3v) is 2.68. The molecule has 16 heavy (non-hydrogen) atoms. The fourth-order valence-corrected chi connectivity index (χ4v) is 1.33. The SMILES string of the molecule is CC(CNc1nc2ccccn2n1)N(C)C. The first kappa shape index (κ1) is 10.9. The Balaban J connectivity index is 2.05. The Bertz CT molecular complexity index is 429. The molecule has 2 heterocycles. The summed E-state index contributed by atoms with van der Waals surface area (Å²) in [7, 11) is 4.12. The van der Waals surface area contributed by atoms with Gasteiger partial charge in [0.15, 0.2) is 5.65 Å². The lowest BCUT2D eigenvalue weighted by atomic mass is 10.3. The van der Waals surface area contributed by atoms with Crippen LogP contribution in [0.2, 0.25) is 0 Å². The van der Waals surface area contributed by atoms with Gasteiger partial charge in [0.1, 0.15) is 0 Å². The largest absolute Gasteiger partial charge is 0.351 e. The maximum absolute atomic E-state index is 4.37. The summed E-state index contributed by atoms with van der Waals surface area (Å²) in [5.74, 6) is 0.680. The van der Waals surface area contributed by atoms with E-state index in [1.165, 1.54) is 0 Å². The zero-order valence-electron chi connectivity index (χ0n) is 9.88. The van der Waals surface area contributed by atoms with Crippen molar-refractivity contribution in [1.29, 1.82) is 0 Å². The van der Waals surface area contributed by atoms with Gasteiger partial charge in [0.05, 0.1) is 0 Å². The minimum Gasteiger partial charge on any atom is -0.351 e. The van der Waals surface area contributed by atoms with Crippen LogP contribution < -0.4 is 5.32 Å². The number of hydrogen-bond acceptors (Lipinski definition) is 4. The molecule has 0 aromatic carbocycles. The van der Waals surface area contributed by atoms with Crippen LogP contribution in [0.5, 0.6) is 0 Å². The number of pyridine rings is 1. The highest BCUT2D eigenvalue weighted by molar-refractivity contribution is 5.42. The lowest BCUT2D eigenvalue weighted by molar-refractivity contribution is 0.326. The van der Waals surface area contributed by atoms with E-state index in [2.05, 4.69) is 41.3 Å². The molecule has 5 nitrogen and oxygen atoms in total. The van der Waals surface area contributed by atoms with Gasteiger partial charge in [0.2, 0.25) is 5.95 Å². The minimum absolute atomic E-state index is 0.451. The van der Waals surface area contributed by atoms with E-state index < -0.39 is 0 Å². The molecule has 2 rings (SSSR count). The molecule has 0 aliphatic rings. The number of aromatic nitrogens is 3. The molecule has 1 atom stereocenters. The zero-order valence-corrected chi connectivity index (χ0v) is 9.88. The standard InChI is InChI=1S/C11H17N5/c1-9(15(2)3)8-12-11-13-10-6-4-5-7-16(10)14-11/h4-7,9H,8H2,1-3H3,(H,12,14). The van der Waals surface area contributed by atoms with Gasteiger partial charge >= 0.3 is 0 Å². The van der Waals surface area contributed by atoms with Crippen LogP contribution in [0.4, 0.5) is 5.95 Å². The second-order valence-electron chi connectivity index (χ2n) is 4.13. The number of fused-ring (bicyclic) bond motifs is 1. The number of likely N-dealkylation sites (N-methyl/N-ethyl adjacent to an activating group) is 1. The first-order valence-electron chi connectivity index (χ1n) is 5.38. The third kappa shape index (κ3) is 2.30. The van der Waals surface area contributed by atoms with Gasteiger partial charge in [-0.3, -0.25) is 0 Å². The number of nitrogens with zero attached hydrogens (tertiary/aromatic N) is 4. The molecular formula is C11H17N5. The quantitative estimate of drug-likeness (QED) is 0.836. The first-order chi connectivity index (χ1) is 7.66. The molecule has 2 aromatic rings. The second-order valence-corrected chi connectivity index (χ2v) is 4.13. The monoisotopic (exact) mass is 219 g/mol. The molecule has 0 saturated carbocycles. The first-order valence-corrected chi connectivity index (χ1v) is 5.38. The smallest absolute Gasteiger partial charge is 0.243 e. The van der Waals surface area contributed by atoms with Gasteiger partial charge in [-0.05, 0) is 33.2 Å². The van der Waals surface area contributed by atoms with Crippen molar-refractivity contribution in [3.05, 3.63) is 24.4 Å². The highest BCUT2D eigenvalue weighted by atomic mass is 15.3. The number of nitrogens with one attached hydrogen (secondary N) is 1. The predicted molar refractivity (Wildman–Crippen MR) is 64.6 cm³/mol. The highest BCUT2D eigenvalue weighted by Gasteiger charge is 2.06. The summed E-state index contributed by atoms with van der Waals surface area (Å²) in [5.41, 5.74) is 0.863. The van der Waals surface area contributed by atoms with E-state index in [1.807, 2.05) is 24.4 Å². The van der Waals surface area contributed by atoms with E-state index in [0.29, 0.717) is 12.0 Å². The molecule has 0 bridgehead atoms. The van der Waals surface area contributed by atoms with E-state index in [-0.39, 0.29) is 0 Å². The number of rotatable bonds is 4. The molecule has 0 saturated heterocycles. The van der Waals surface area contributed by atoms with Crippen LogP contribution in [0.1, 0.15) is 6.92 Å². The molecule has 2 aromatic heterocycles. The maximum atomic E-state index is 4.37. The van der Waals surface area contributed by atoms with E-state index in [1.54, 1.807) is 4.52 Å². The van der Waals surface area contributed by atoms with Gasteiger partial charge < -0.3 is 10.2 Å². The molecule has 1 unspecified atom stereocenters. The van der Waals surface area contributed by atoms with Gasteiger partial charge in [-0.15, -0.1) is 5.10 Å². The molecule has 1 N–H and O–H groups in total. The molecule has 0 fully saturated rings. The van der Waals surface area contributed by atoms with E-state index in [9.17, 15) is 0 Å². The number of anilines is 1. The summed E-state index contributed by atoms with van der Waals surface area (Å²) in [6.07, 6.45) is 1.89. The van der Waals surface area contributed by atoms with E-state index >= 15 is 0 Å². The van der Waals surface area contributed by atoms with Crippen molar-refractivity contribution in [3.63, 3.8) is 0 Å². The maximum Gasteiger partial charge on any atom is 0.243 e. The molecule has 0 aliphatic carbocycles. The lowest BCUT2D eigenvalue weighted by Crippen LogP contribution is -2.31. The summed E-state index contributed by atoms with van der Waals surface area (Å²) in [4.78, 5) is 6.52. The van der Waals surface area contributed by atoms with Gasteiger partial charge in [0, 0.05) is 18.8 Å². The van der Waals surface area contributed by atoms with Crippen molar-refractivity contribution in [3.8, 4) is 0 Å². The summed E-state index contributed by atoms with van der Waals surface area (Å²) in [6, 6.07) is 6.28. The van der Waals surface area contributed by atoms with Gasteiger partial charge in [-0.1, -0.05) is 6.07 Å². The fourth-order valence-electron chi connectivity index (χ4n) is 1.33. The van der Waals surface area contributed by atoms with Crippen LogP contribution >= 0.6 is 0 Å². The lowest BCUT2D eigenvalue weighted by Gasteiger charge is -2.19. The molecular weight excluding hydrogens is 202 g/mol. The average Bonchev–Trinajstić information content (AvgIpc) is 2.68. The van der Waals surface area contributed by atoms with E-state index in [0.717, 1.165) is 12.2 Å². The Kier molecular flexibility index (Phi) is 3.05. The molecule has 86 valence electrons. The number of hydrogen-bond donors (Lipinski definition) is 1. The van der Waals surface area contributed by atoms with Crippen LogP contribution in [0, 0.1) is 0 Å². The second kappa shape index (κ2) is 4.49. The Labute approximate surface area is 95.1 Å². The van der Waals surface area contributed by atoms with Crippen molar-refractivity contribution in [2.45, 2.75) is 13.0 Å². The molecule has 0 radical (unpaired) electrons. The van der Waals surface area contributed by atoms with Crippen LogP contribution in [-0.2, 0) is 0 Å². The van der Waals surface area contributed by atoms with Crippen molar-refractivity contribution in [2.24, 2.45) is 0 Å². The Hall–Kier alpha value is -1.62. The predicted octanol–water partition coefficient (Wildman–Crippen LogP) is 1.09. The van der Waals surface area contributed by atoms with Crippen LogP contribution in [0.3, 0.4) is 0 Å². The van der Waals surface area contributed by atoms with Crippen LogP contribution in [0.25, 0.3) is 5.65 Å². The third-order valence-electron chi connectivity index (χ3n) is 2.68. The van der Waals surface area contributed by atoms with Gasteiger partial charge in [-0.25, -0.2) is 4.52 Å². The molecule has 0 amide bonds. The zero-order chi connectivity index (χ0) is 11.5.